The molecule has 1 amide bonds. The zero-order valence-corrected chi connectivity index (χ0v) is 11.1. The van der Waals surface area contributed by atoms with E-state index in [0.717, 1.165) is 5.69 Å². The monoisotopic (exact) mass is 265 g/mol. The lowest BCUT2D eigenvalue weighted by atomic mass is 9.88. The average Bonchev–Trinajstić information content (AvgIpc) is 2.37. The van der Waals surface area contributed by atoms with Gasteiger partial charge in [0.1, 0.15) is 6.04 Å². The molecule has 104 valence electrons. The molecule has 19 heavy (non-hydrogen) atoms. The van der Waals surface area contributed by atoms with E-state index in [1.807, 2.05) is 32.0 Å². The number of nitrogens with two attached hydrogens (primary N) is 1. The second kappa shape index (κ2) is 6.29. The Labute approximate surface area is 112 Å². The van der Waals surface area contributed by atoms with Gasteiger partial charge in [-0.2, -0.15) is 0 Å². The van der Waals surface area contributed by atoms with E-state index >= 15 is 0 Å². The van der Waals surface area contributed by atoms with Gasteiger partial charge in [-0.25, -0.2) is 0 Å². The Morgan fingerprint density at radius 2 is 2.16 bits per heavy atom. The van der Waals surface area contributed by atoms with Crippen molar-refractivity contribution in [1.29, 1.82) is 0 Å². The Hall–Kier alpha value is -1.95. The molecule has 0 fully saturated rings. The molecule has 0 radical (unpaired) electrons. The topological polar surface area (TPSA) is 105 Å². The summed E-state index contributed by atoms with van der Waals surface area (Å²) >= 11 is 0. The minimum Gasteiger partial charge on any atom is -0.480 e. The number of hydrogen-bond donors (Lipinski definition) is 3. The Morgan fingerprint density at radius 3 is 2.68 bits per heavy atom. The molecule has 0 spiro atoms. The van der Waals surface area contributed by atoms with Crippen LogP contribution in [0, 0.1) is 0 Å². The molecule has 0 saturated heterocycles. The van der Waals surface area contributed by atoms with Gasteiger partial charge < -0.3 is 16.2 Å². The van der Waals surface area contributed by atoms with Crippen LogP contribution in [0.15, 0.2) is 24.4 Å². The number of nitrogens with zero attached hydrogens (tertiary/aromatic N) is 1. The normalized spacial score (nSPS) is 12.8. The molecule has 0 saturated carbocycles. The number of nitrogens with one attached hydrogen (secondary N) is 1. The second-order valence-electron chi connectivity index (χ2n) is 5.02. The van der Waals surface area contributed by atoms with Crippen LogP contribution in [0.3, 0.4) is 0 Å². The summed E-state index contributed by atoms with van der Waals surface area (Å²) in [6.45, 7) is 4.27. The van der Waals surface area contributed by atoms with E-state index in [9.17, 15) is 9.59 Å². The van der Waals surface area contributed by atoms with Crippen molar-refractivity contribution in [2.45, 2.75) is 31.7 Å². The van der Waals surface area contributed by atoms with Crippen LogP contribution in [0.5, 0.6) is 0 Å². The predicted octanol–water partition coefficient (Wildman–Crippen LogP) is 0.277. The van der Waals surface area contributed by atoms with Crippen molar-refractivity contribution in [3.05, 3.63) is 30.1 Å². The van der Waals surface area contributed by atoms with Crippen molar-refractivity contribution < 1.29 is 14.7 Å². The van der Waals surface area contributed by atoms with Crippen LogP contribution in [0.25, 0.3) is 0 Å². The Balaban J connectivity index is 2.52. The first kappa shape index (κ1) is 15.1. The summed E-state index contributed by atoms with van der Waals surface area (Å²) in [5.41, 5.74) is 5.83. The standard InChI is InChI=1S/C13H19N3O3/c1-13(2,10-5-3-4-6-15-10)8-16-11(17)7-9(14)12(18)19/h3-6,9H,7-8,14H2,1-2H3,(H,16,17)(H,18,19). The molecule has 1 aromatic rings. The van der Waals surface area contributed by atoms with E-state index in [1.54, 1.807) is 6.20 Å². The lowest BCUT2D eigenvalue weighted by molar-refractivity contribution is -0.140. The largest absolute Gasteiger partial charge is 0.480 e. The first-order valence-electron chi connectivity index (χ1n) is 5.99. The number of aliphatic carboxylic acids is 1. The minimum atomic E-state index is -1.18. The molecule has 0 aliphatic heterocycles. The number of aromatic nitrogens is 1. The quantitative estimate of drug-likeness (QED) is 0.685. The number of carbonyl (C=O) groups excluding carboxylic acids is 1. The molecule has 1 heterocycles. The third-order valence-electron chi connectivity index (χ3n) is 2.81. The van der Waals surface area contributed by atoms with E-state index in [2.05, 4.69) is 10.3 Å². The maximum Gasteiger partial charge on any atom is 0.321 e. The van der Waals surface area contributed by atoms with Crippen LogP contribution in [0.4, 0.5) is 0 Å². The van der Waals surface area contributed by atoms with E-state index < -0.39 is 12.0 Å². The fourth-order valence-corrected chi connectivity index (χ4v) is 1.53. The van der Waals surface area contributed by atoms with Crippen molar-refractivity contribution in [3.63, 3.8) is 0 Å². The van der Waals surface area contributed by atoms with Gasteiger partial charge in [0.2, 0.25) is 5.91 Å². The SMILES string of the molecule is CC(C)(CNC(=O)CC(N)C(=O)O)c1ccccn1. The fraction of sp³-hybridized carbons (Fsp3) is 0.462. The molecule has 6 heteroatoms. The van der Waals surface area contributed by atoms with Gasteiger partial charge in [0.05, 0.1) is 6.42 Å². The van der Waals surface area contributed by atoms with Gasteiger partial charge in [0.25, 0.3) is 0 Å². The van der Waals surface area contributed by atoms with Crippen LogP contribution in [0.2, 0.25) is 0 Å². The predicted molar refractivity (Wildman–Crippen MR) is 70.5 cm³/mol. The van der Waals surface area contributed by atoms with Gasteiger partial charge in [-0.3, -0.25) is 14.6 Å². The number of pyridine rings is 1. The summed E-state index contributed by atoms with van der Waals surface area (Å²) in [6, 6.07) is 4.42. The number of amides is 1. The highest BCUT2D eigenvalue weighted by Gasteiger charge is 2.23. The van der Waals surface area contributed by atoms with Gasteiger partial charge in [-0.15, -0.1) is 0 Å². The van der Waals surface area contributed by atoms with Crippen molar-refractivity contribution in [2.75, 3.05) is 6.54 Å². The lowest BCUT2D eigenvalue weighted by Crippen LogP contribution is -2.41. The summed E-state index contributed by atoms with van der Waals surface area (Å²) in [6.07, 6.45) is 1.47. The fourth-order valence-electron chi connectivity index (χ4n) is 1.53. The number of carboxylic acid groups (broad SMARTS) is 1. The van der Waals surface area contributed by atoms with Gasteiger partial charge in [0.15, 0.2) is 0 Å². The Bertz CT molecular complexity index is 446. The van der Waals surface area contributed by atoms with Crippen LogP contribution < -0.4 is 11.1 Å². The smallest absolute Gasteiger partial charge is 0.321 e. The first-order valence-corrected chi connectivity index (χ1v) is 5.99. The van der Waals surface area contributed by atoms with Crippen LogP contribution in [0.1, 0.15) is 26.0 Å². The molecule has 4 N–H and O–H groups in total. The molecular formula is C13H19N3O3. The van der Waals surface area contributed by atoms with Crippen molar-refractivity contribution in [1.82, 2.24) is 10.3 Å². The maximum atomic E-state index is 11.6. The third-order valence-corrected chi connectivity index (χ3v) is 2.81. The lowest BCUT2D eigenvalue weighted by Gasteiger charge is -2.24. The van der Waals surface area contributed by atoms with E-state index in [-0.39, 0.29) is 17.7 Å². The van der Waals surface area contributed by atoms with Crippen LogP contribution >= 0.6 is 0 Å². The van der Waals surface area contributed by atoms with Gasteiger partial charge in [0, 0.05) is 23.9 Å². The van der Waals surface area contributed by atoms with Gasteiger partial charge >= 0.3 is 5.97 Å². The molecule has 1 aromatic heterocycles. The highest BCUT2D eigenvalue weighted by Crippen LogP contribution is 2.19. The maximum absolute atomic E-state index is 11.6. The molecular weight excluding hydrogens is 246 g/mol. The summed E-state index contributed by atoms with van der Waals surface area (Å²) in [7, 11) is 0. The van der Waals surface area contributed by atoms with E-state index in [0.29, 0.717) is 6.54 Å². The molecule has 1 rings (SSSR count). The van der Waals surface area contributed by atoms with Gasteiger partial charge in [-0.1, -0.05) is 19.9 Å². The summed E-state index contributed by atoms with van der Waals surface area (Å²) in [5.74, 6) is -1.56. The molecule has 0 bridgehead atoms. The highest BCUT2D eigenvalue weighted by molar-refractivity contribution is 5.84. The van der Waals surface area contributed by atoms with Crippen LogP contribution in [-0.2, 0) is 15.0 Å². The number of rotatable bonds is 6. The minimum absolute atomic E-state index is 0.229. The molecule has 0 aliphatic carbocycles. The number of hydrogen-bond acceptors (Lipinski definition) is 4. The first-order chi connectivity index (χ1) is 8.83. The summed E-state index contributed by atoms with van der Waals surface area (Å²) in [4.78, 5) is 26.4. The van der Waals surface area contributed by atoms with E-state index in [4.69, 9.17) is 10.8 Å². The molecule has 1 atom stereocenters. The zero-order chi connectivity index (χ0) is 14.5. The molecule has 6 nitrogen and oxygen atoms in total. The Kier molecular flexibility index (Phi) is 5.00. The zero-order valence-electron chi connectivity index (χ0n) is 11.1. The number of carbonyl (C=O) groups is 2. The Morgan fingerprint density at radius 1 is 1.47 bits per heavy atom. The molecule has 0 aromatic carbocycles. The molecule has 1 unspecified atom stereocenters. The molecule has 0 aliphatic rings. The van der Waals surface area contributed by atoms with Crippen LogP contribution in [-0.4, -0.2) is 34.6 Å². The third kappa shape index (κ3) is 4.67. The highest BCUT2D eigenvalue weighted by atomic mass is 16.4. The van der Waals surface area contributed by atoms with Crippen molar-refractivity contribution in [2.24, 2.45) is 5.73 Å². The van der Waals surface area contributed by atoms with Crippen molar-refractivity contribution in [3.8, 4) is 0 Å². The summed E-state index contributed by atoms with van der Waals surface area (Å²) < 4.78 is 0. The number of carboxylic acids is 1. The van der Waals surface area contributed by atoms with Gasteiger partial charge in [-0.05, 0) is 12.1 Å². The van der Waals surface area contributed by atoms with E-state index in [1.165, 1.54) is 0 Å². The van der Waals surface area contributed by atoms with Crippen molar-refractivity contribution >= 4 is 11.9 Å². The average molecular weight is 265 g/mol. The second-order valence-corrected chi connectivity index (χ2v) is 5.02. The summed E-state index contributed by atoms with van der Waals surface area (Å²) in [5, 5.41) is 11.3.